The van der Waals surface area contributed by atoms with E-state index in [0.29, 0.717) is 11.7 Å². The molecule has 0 aliphatic carbocycles. The average Bonchev–Trinajstić information content (AvgIpc) is 3.08. The number of ether oxygens (including phenoxy) is 1. The van der Waals surface area contributed by atoms with Gasteiger partial charge < -0.3 is 20.1 Å². The molecule has 262 valence electrons. The number of nitrogens with one attached hydrogen (secondary N) is 1. The smallest absolute Gasteiger partial charge is 0.347 e. The third-order valence-corrected chi connectivity index (χ3v) is 8.37. The van der Waals surface area contributed by atoms with Gasteiger partial charge in [0.25, 0.3) is 0 Å². The number of carboxylic acid groups (broad SMARTS) is 1. The highest BCUT2D eigenvalue weighted by Gasteiger charge is 2.29. The monoisotopic (exact) mass is 656 g/mol. The number of unbranched alkanes of at least 4 members (excludes halogenated alkanes) is 2. The fourth-order valence-corrected chi connectivity index (χ4v) is 5.35. The normalized spacial score (nSPS) is 14.6. The van der Waals surface area contributed by atoms with Crippen LogP contribution in [0.1, 0.15) is 122 Å². The minimum atomic E-state index is -1.28. The maximum absolute atomic E-state index is 11.4. The number of fused-ring (bicyclic) bond motifs is 1. The third-order valence-electron chi connectivity index (χ3n) is 8.37. The zero-order valence-corrected chi connectivity index (χ0v) is 31.1. The molecule has 2 atom stereocenters. The number of benzene rings is 3. The van der Waals surface area contributed by atoms with Crippen molar-refractivity contribution in [2.45, 2.75) is 119 Å². The van der Waals surface area contributed by atoms with E-state index in [9.17, 15) is 9.90 Å². The number of hydrogen-bond acceptors (Lipinski definition) is 5. The highest BCUT2D eigenvalue weighted by molar-refractivity contribution is 5.88. The van der Waals surface area contributed by atoms with Gasteiger partial charge in [-0.1, -0.05) is 108 Å². The number of carbonyl (C=O) groups is 1. The second-order valence-electron chi connectivity index (χ2n) is 12.7. The number of carboxylic acids is 1. The first-order valence-electron chi connectivity index (χ1n) is 17.7. The lowest BCUT2D eigenvalue weighted by Gasteiger charge is -2.31. The molecule has 1 heterocycles. The summed E-state index contributed by atoms with van der Waals surface area (Å²) in [7, 11) is 1.79. The van der Waals surface area contributed by atoms with Crippen molar-refractivity contribution in [3.05, 3.63) is 95.1 Å². The standard InChI is InChI=1S/C34H42N4O3.C5H12.C2H6/c1-23-21-32(37-31-10-8-7-9-30(23)31)38(22-27-11-15-28(16-12-27)24(2)36-25(3)35-6)20-19-26-13-17-29(18-14-26)41-34(4,5)33(39)40;1-3-5-4-2;1-2/h7-18,23-24H,19-22H2,1-6H3,(H,35,36)(H,39,40);3-5H2,1-2H3;1-2H3. The predicted octanol–water partition coefficient (Wildman–Crippen LogP) is 10.1. The molecule has 0 spiro atoms. The van der Waals surface area contributed by atoms with Gasteiger partial charge in [-0.3, -0.25) is 4.99 Å². The predicted molar refractivity (Wildman–Crippen MR) is 203 cm³/mol. The number of rotatable bonds is 12. The number of hydrogen-bond donors (Lipinski definition) is 2. The van der Waals surface area contributed by atoms with Crippen LogP contribution in [0.5, 0.6) is 5.75 Å². The number of aliphatic imine (C=N–C) groups is 2. The average molecular weight is 657 g/mol. The van der Waals surface area contributed by atoms with Crippen LogP contribution in [0.2, 0.25) is 0 Å². The first-order valence-corrected chi connectivity index (χ1v) is 17.7. The number of nitrogens with zero attached hydrogens (tertiary/aromatic N) is 3. The van der Waals surface area contributed by atoms with Crippen molar-refractivity contribution in [3.63, 3.8) is 0 Å². The molecule has 7 heteroatoms. The van der Waals surface area contributed by atoms with Gasteiger partial charge in [0.2, 0.25) is 0 Å². The zero-order valence-electron chi connectivity index (χ0n) is 31.1. The lowest BCUT2D eigenvalue weighted by atomic mass is 9.92. The van der Waals surface area contributed by atoms with Crippen molar-refractivity contribution in [2.24, 2.45) is 9.98 Å². The number of amidine groups is 2. The van der Waals surface area contributed by atoms with Crippen LogP contribution >= 0.6 is 0 Å². The summed E-state index contributed by atoms with van der Waals surface area (Å²) in [5.74, 6) is 1.97. The Labute approximate surface area is 290 Å². The topological polar surface area (TPSA) is 86.5 Å². The summed E-state index contributed by atoms with van der Waals surface area (Å²) >= 11 is 0. The third kappa shape index (κ3) is 12.5. The van der Waals surface area contributed by atoms with Gasteiger partial charge in [-0.05, 0) is 80.5 Å². The van der Waals surface area contributed by atoms with Crippen molar-refractivity contribution in [1.82, 2.24) is 10.2 Å². The first kappa shape index (κ1) is 40.0. The van der Waals surface area contributed by atoms with Crippen LogP contribution in [0.25, 0.3) is 0 Å². The SMILES string of the molecule is CC.CCCCC.CN=C(C)NC(C)c1ccc(CN(CCc2ccc(OC(C)(C)C(=O)O)cc2)C2=Nc3ccccc3C(C)C2)cc1. The summed E-state index contributed by atoms with van der Waals surface area (Å²) in [6.45, 7) is 19.5. The molecule has 0 saturated carbocycles. The Morgan fingerprint density at radius 3 is 2.19 bits per heavy atom. The van der Waals surface area contributed by atoms with Gasteiger partial charge in [-0.25, -0.2) is 9.79 Å². The van der Waals surface area contributed by atoms with Gasteiger partial charge in [0.15, 0.2) is 5.60 Å². The minimum absolute atomic E-state index is 0.178. The van der Waals surface area contributed by atoms with E-state index in [2.05, 4.69) is 91.4 Å². The van der Waals surface area contributed by atoms with Crippen LogP contribution in [0.3, 0.4) is 0 Å². The summed E-state index contributed by atoms with van der Waals surface area (Å²) in [5, 5.41) is 12.8. The van der Waals surface area contributed by atoms with Crippen molar-refractivity contribution in [2.75, 3.05) is 13.6 Å². The second-order valence-corrected chi connectivity index (χ2v) is 12.7. The van der Waals surface area contributed by atoms with Crippen molar-refractivity contribution in [3.8, 4) is 5.75 Å². The molecule has 4 rings (SSSR count). The molecule has 3 aromatic rings. The van der Waals surface area contributed by atoms with E-state index < -0.39 is 11.6 Å². The fraction of sp³-hybridized carbons (Fsp3) is 0.488. The van der Waals surface area contributed by atoms with E-state index in [0.717, 1.165) is 48.9 Å². The molecule has 1 aliphatic rings. The van der Waals surface area contributed by atoms with Crippen molar-refractivity contribution >= 4 is 23.3 Å². The lowest BCUT2D eigenvalue weighted by molar-refractivity contribution is -0.152. The minimum Gasteiger partial charge on any atom is -0.478 e. The Morgan fingerprint density at radius 2 is 1.62 bits per heavy atom. The molecular weight excluding hydrogens is 596 g/mol. The molecular formula is C41H60N4O3. The molecule has 0 radical (unpaired) electrons. The Hall–Kier alpha value is -4.13. The van der Waals surface area contributed by atoms with Crippen LogP contribution in [0.4, 0.5) is 5.69 Å². The second kappa shape index (κ2) is 20.3. The summed E-state index contributed by atoms with van der Waals surface area (Å²) in [6.07, 6.45) is 5.79. The van der Waals surface area contributed by atoms with E-state index in [1.54, 1.807) is 20.9 Å². The molecule has 1 aliphatic heterocycles. The van der Waals surface area contributed by atoms with Gasteiger partial charge in [0.05, 0.1) is 11.5 Å². The Bertz CT molecular complexity index is 1440. The summed E-state index contributed by atoms with van der Waals surface area (Å²) < 4.78 is 5.68. The fourth-order valence-electron chi connectivity index (χ4n) is 5.35. The molecule has 0 aromatic heterocycles. The summed E-state index contributed by atoms with van der Waals surface area (Å²) in [6, 6.07) is 25.1. The van der Waals surface area contributed by atoms with E-state index in [1.165, 1.54) is 36.0 Å². The van der Waals surface area contributed by atoms with Crippen molar-refractivity contribution < 1.29 is 14.6 Å². The van der Waals surface area contributed by atoms with Crippen LogP contribution in [-0.4, -0.2) is 46.8 Å². The van der Waals surface area contributed by atoms with E-state index in [4.69, 9.17) is 9.73 Å². The zero-order chi connectivity index (χ0) is 35.7. The molecule has 2 N–H and O–H groups in total. The molecule has 48 heavy (non-hydrogen) atoms. The number of aliphatic carboxylic acids is 1. The molecule has 0 amide bonds. The van der Waals surface area contributed by atoms with Gasteiger partial charge in [0, 0.05) is 32.6 Å². The molecule has 3 aromatic carbocycles. The van der Waals surface area contributed by atoms with Gasteiger partial charge in [-0.15, -0.1) is 0 Å². The lowest BCUT2D eigenvalue weighted by Crippen LogP contribution is -2.37. The van der Waals surface area contributed by atoms with E-state index >= 15 is 0 Å². The van der Waals surface area contributed by atoms with E-state index in [1.807, 2.05) is 45.0 Å². The highest BCUT2D eigenvalue weighted by Crippen LogP contribution is 2.35. The molecule has 2 unspecified atom stereocenters. The maximum atomic E-state index is 11.4. The van der Waals surface area contributed by atoms with Crippen LogP contribution in [-0.2, 0) is 17.8 Å². The van der Waals surface area contributed by atoms with E-state index in [-0.39, 0.29) is 6.04 Å². The van der Waals surface area contributed by atoms with Gasteiger partial charge in [-0.2, -0.15) is 0 Å². The quantitative estimate of drug-likeness (QED) is 0.150. The molecule has 0 saturated heterocycles. The maximum Gasteiger partial charge on any atom is 0.347 e. The molecule has 7 nitrogen and oxygen atoms in total. The van der Waals surface area contributed by atoms with Crippen LogP contribution in [0.15, 0.2) is 82.8 Å². The number of para-hydroxylation sites is 1. The summed E-state index contributed by atoms with van der Waals surface area (Å²) in [5.41, 5.74) is 4.68. The van der Waals surface area contributed by atoms with Crippen molar-refractivity contribution in [1.29, 1.82) is 0 Å². The Balaban J connectivity index is 0.00000105. The molecule has 0 fully saturated rings. The summed E-state index contributed by atoms with van der Waals surface area (Å²) in [4.78, 5) is 23.1. The van der Waals surface area contributed by atoms with Gasteiger partial charge in [0.1, 0.15) is 11.6 Å². The Kier molecular flexibility index (Phi) is 16.9. The Morgan fingerprint density at radius 1 is 1.02 bits per heavy atom. The first-order chi connectivity index (χ1) is 23.0. The van der Waals surface area contributed by atoms with Crippen LogP contribution < -0.4 is 10.1 Å². The highest BCUT2D eigenvalue weighted by atomic mass is 16.5. The largest absolute Gasteiger partial charge is 0.478 e. The van der Waals surface area contributed by atoms with Gasteiger partial charge >= 0.3 is 5.97 Å². The van der Waals surface area contributed by atoms with Crippen LogP contribution in [0, 0.1) is 0 Å². The molecule has 0 bridgehead atoms.